The second kappa shape index (κ2) is 5.45. The van der Waals surface area contributed by atoms with E-state index in [1.54, 1.807) is 0 Å². The molecule has 1 saturated carbocycles. The maximum atomic E-state index is 10.9. The van der Waals surface area contributed by atoms with Gasteiger partial charge >= 0.3 is 5.69 Å². The van der Waals surface area contributed by atoms with Crippen molar-refractivity contribution in [3.63, 3.8) is 0 Å². The number of hydrogen-bond donors (Lipinski definition) is 2. The number of aromatic nitrogens is 2. The summed E-state index contributed by atoms with van der Waals surface area (Å²) < 4.78 is 0. The molecule has 18 heavy (non-hydrogen) atoms. The molecule has 0 spiro atoms. The van der Waals surface area contributed by atoms with Crippen molar-refractivity contribution in [3.05, 3.63) is 21.6 Å². The van der Waals surface area contributed by atoms with Crippen LogP contribution in [0.25, 0.3) is 0 Å². The number of hydrogen-bond acceptors (Lipinski definition) is 6. The molecular formula is C10H13ClN4O3. The van der Waals surface area contributed by atoms with Crippen LogP contribution in [-0.4, -0.2) is 32.6 Å². The Labute approximate surface area is 108 Å². The lowest BCUT2D eigenvalue weighted by atomic mass is 10.1. The predicted molar refractivity (Wildman–Crippen MR) is 65.5 cm³/mol. The van der Waals surface area contributed by atoms with Crippen molar-refractivity contribution in [1.82, 2.24) is 9.97 Å². The molecule has 0 radical (unpaired) electrons. The Morgan fingerprint density at radius 1 is 1.56 bits per heavy atom. The first-order valence-electron chi connectivity index (χ1n) is 5.66. The number of anilines is 1. The molecule has 1 fully saturated rings. The monoisotopic (exact) mass is 272 g/mol. The zero-order valence-corrected chi connectivity index (χ0v) is 10.3. The topological polar surface area (TPSA) is 101 Å². The van der Waals surface area contributed by atoms with Crippen molar-refractivity contribution in [2.24, 2.45) is 5.92 Å². The molecule has 0 saturated heterocycles. The van der Waals surface area contributed by atoms with Crippen LogP contribution in [0.5, 0.6) is 0 Å². The molecular weight excluding hydrogens is 260 g/mol. The van der Waals surface area contributed by atoms with Gasteiger partial charge in [0, 0.05) is 12.5 Å². The Hall–Kier alpha value is -1.47. The summed E-state index contributed by atoms with van der Waals surface area (Å²) in [7, 11) is 0. The number of nitro groups is 1. The van der Waals surface area contributed by atoms with Crippen molar-refractivity contribution in [1.29, 1.82) is 0 Å². The van der Waals surface area contributed by atoms with E-state index >= 15 is 0 Å². The Bertz CT molecular complexity index is 457. The fourth-order valence-corrected chi connectivity index (χ4v) is 2.33. The van der Waals surface area contributed by atoms with Crippen LogP contribution >= 0.6 is 11.6 Å². The third kappa shape index (κ3) is 2.68. The van der Waals surface area contributed by atoms with E-state index < -0.39 is 4.92 Å². The molecule has 8 heteroatoms. The van der Waals surface area contributed by atoms with Crippen LogP contribution < -0.4 is 5.32 Å². The third-order valence-electron chi connectivity index (χ3n) is 3.11. The van der Waals surface area contributed by atoms with Gasteiger partial charge in [0.2, 0.25) is 11.0 Å². The summed E-state index contributed by atoms with van der Waals surface area (Å²) in [6, 6.07) is 0. The highest BCUT2D eigenvalue weighted by molar-refractivity contribution is 6.31. The average Bonchev–Trinajstić information content (AvgIpc) is 2.71. The van der Waals surface area contributed by atoms with Gasteiger partial charge in [-0.25, -0.2) is 9.97 Å². The number of aliphatic hydroxyl groups excluding tert-OH is 1. The van der Waals surface area contributed by atoms with Gasteiger partial charge in [0.25, 0.3) is 0 Å². The highest BCUT2D eigenvalue weighted by atomic mass is 35.5. The lowest BCUT2D eigenvalue weighted by Gasteiger charge is -2.15. The molecule has 0 aromatic carbocycles. The van der Waals surface area contributed by atoms with E-state index in [9.17, 15) is 15.2 Å². The van der Waals surface area contributed by atoms with E-state index in [0.29, 0.717) is 6.54 Å². The molecule has 1 aliphatic rings. The molecule has 2 unspecified atom stereocenters. The van der Waals surface area contributed by atoms with E-state index in [2.05, 4.69) is 15.3 Å². The van der Waals surface area contributed by atoms with E-state index in [-0.39, 0.29) is 28.7 Å². The van der Waals surface area contributed by atoms with Crippen LogP contribution in [0.4, 0.5) is 11.5 Å². The molecule has 2 atom stereocenters. The van der Waals surface area contributed by atoms with Crippen molar-refractivity contribution in [2.75, 3.05) is 11.9 Å². The molecule has 0 aliphatic heterocycles. The van der Waals surface area contributed by atoms with Gasteiger partial charge in [0.05, 0.1) is 11.0 Å². The van der Waals surface area contributed by atoms with E-state index in [0.717, 1.165) is 19.3 Å². The molecule has 1 aromatic rings. The average molecular weight is 273 g/mol. The number of nitrogens with one attached hydrogen (secondary N) is 1. The molecule has 1 aliphatic carbocycles. The first-order valence-corrected chi connectivity index (χ1v) is 6.04. The molecule has 2 rings (SSSR count). The van der Waals surface area contributed by atoms with Crippen LogP contribution in [0.2, 0.25) is 5.15 Å². The Morgan fingerprint density at radius 2 is 2.33 bits per heavy atom. The zero-order valence-electron chi connectivity index (χ0n) is 9.54. The quantitative estimate of drug-likeness (QED) is 0.490. The Morgan fingerprint density at radius 3 is 2.94 bits per heavy atom. The molecule has 2 N–H and O–H groups in total. The van der Waals surface area contributed by atoms with Gasteiger partial charge in [0.15, 0.2) is 0 Å². The summed E-state index contributed by atoms with van der Waals surface area (Å²) in [5.41, 5.74) is -0.327. The fourth-order valence-electron chi connectivity index (χ4n) is 2.13. The molecule has 0 bridgehead atoms. The number of nitrogens with zero attached hydrogens (tertiary/aromatic N) is 3. The third-order valence-corrected chi connectivity index (χ3v) is 3.39. The van der Waals surface area contributed by atoms with Crippen LogP contribution in [-0.2, 0) is 0 Å². The van der Waals surface area contributed by atoms with Crippen LogP contribution in [0.3, 0.4) is 0 Å². The number of halogens is 1. The summed E-state index contributed by atoms with van der Waals surface area (Å²) in [6.07, 6.45) is 3.47. The van der Waals surface area contributed by atoms with Crippen LogP contribution in [0.15, 0.2) is 6.33 Å². The SMILES string of the molecule is O=[N+]([O-])c1c(Cl)ncnc1NCC1CCCC1O. The van der Waals surface area contributed by atoms with Crippen molar-refractivity contribution >= 4 is 23.1 Å². The van der Waals surface area contributed by atoms with Gasteiger partial charge in [-0.1, -0.05) is 18.0 Å². The van der Waals surface area contributed by atoms with Gasteiger partial charge in [0.1, 0.15) is 6.33 Å². The maximum absolute atomic E-state index is 10.9. The maximum Gasteiger partial charge on any atom is 0.348 e. The Balaban J connectivity index is 2.09. The zero-order chi connectivity index (χ0) is 13.1. The van der Waals surface area contributed by atoms with E-state index in [1.165, 1.54) is 6.33 Å². The minimum atomic E-state index is -0.615. The summed E-state index contributed by atoms with van der Waals surface area (Å²) in [6.45, 7) is 0.440. The highest BCUT2D eigenvalue weighted by Gasteiger charge is 2.27. The van der Waals surface area contributed by atoms with Crippen molar-refractivity contribution < 1.29 is 10.0 Å². The van der Waals surface area contributed by atoms with E-state index in [1.807, 2.05) is 0 Å². The molecule has 7 nitrogen and oxygen atoms in total. The van der Waals surface area contributed by atoms with Crippen LogP contribution in [0, 0.1) is 16.0 Å². The molecule has 98 valence electrons. The van der Waals surface area contributed by atoms with Gasteiger partial charge in [-0.05, 0) is 12.8 Å². The number of aliphatic hydroxyl groups is 1. The predicted octanol–water partition coefficient (Wildman–Crippen LogP) is 1.61. The lowest BCUT2D eigenvalue weighted by molar-refractivity contribution is -0.384. The fraction of sp³-hybridized carbons (Fsp3) is 0.600. The second-order valence-corrected chi connectivity index (χ2v) is 4.62. The van der Waals surface area contributed by atoms with Gasteiger partial charge in [-0.2, -0.15) is 0 Å². The lowest BCUT2D eigenvalue weighted by Crippen LogP contribution is -2.22. The molecule has 1 heterocycles. The standard InChI is InChI=1S/C10H13ClN4O3/c11-9-8(15(17)18)10(14-5-13-9)12-4-6-2-1-3-7(6)16/h5-7,16H,1-4H2,(H,12,13,14). The summed E-state index contributed by atoms with van der Waals surface area (Å²) in [5.74, 6) is 0.192. The number of rotatable bonds is 4. The normalized spacial score (nSPS) is 23.0. The second-order valence-electron chi connectivity index (χ2n) is 4.26. The largest absolute Gasteiger partial charge is 0.393 e. The summed E-state index contributed by atoms with van der Waals surface area (Å²) in [5, 5.41) is 23.2. The molecule has 1 aromatic heterocycles. The Kier molecular flexibility index (Phi) is 3.93. The van der Waals surface area contributed by atoms with Crippen molar-refractivity contribution in [3.8, 4) is 0 Å². The minimum Gasteiger partial charge on any atom is -0.393 e. The molecule has 0 amide bonds. The van der Waals surface area contributed by atoms with Gasteiger partial charge < -0.3 is 10.4 Å². The van der Waals surface area contributed by atoms with E-state index in [4.69, 9.17) is 11.6 Å². The first kappa shape index (κ1) is 13.0. The highest BCUT2D eigenvalue weighted by Crippen LogP contribution is 2.30. The summed E-state index contributed by atoms with van der Waals surface area (Å²) >= 11 is 5.67. The van der Waals surface area contributed by atoms with Gasteiger partial charge in [-0.15, -0.1) is 0 Å². The minimum absolute atomic E-state index is 0.0957. The smallest absolute Gasteiger partial charge is 0.348 e. The first-order chi connectivity index (χ1) is 8.59. The van der Waals surface area contributed by atoms with Crippen molar-refractivity contribution in [2.45, 2.75) is 25.4 Å². The van der Waals surface area contributed by atoms with Gasteiger partial charge in [-0.3, -0.25) is 10.1 Å². The van der Waals surface area contributed by atoms with Crippen LogP contribution in [0.1, 0.15) is 19.3 Å². The summed E-state index contributed by atoms with van der Waals surface area (Å²) in [4.78, 5) is 17.6.